The lowest BCUT2D eigenvalue weighted by Crippen LogP contribution is -2.34. The molecular formula is C12H22N4. The topological polar surface area (TPSA) is 44.8 Å². The molecule has 1 saturated heterocycles. The Labute approximate surface area is 97.5 Å². The van der Waals surface area contributed by atoms with Gasteiger partial charge in [0.1, 0.15) is 11.6 Å². The molecule has 0 unspecified atom stereocenters. The second kappa shape index (κ2) is 5.43. The molecule has 2 heterocycles. The molecule has 1 N–H and O–H groups in total. The number of aromatic nitrogens is 3. The van der Waals surface area contributed by atoms with Crippen LogP contribution in [0, 0.1) is 5.92 Å². The van der Waals surface area contributed by atoms with Gasteiger partial charge in [-0.25, -0.2) is 4.98 Å². The van der Waals surface area contributed by atoms with Crippen molar-refractivity contribution in [2.75, 3.05) is 19.6 Å². The predicted molar refractivity (Wildman–Crippen MR) is 64.3 cm³/mol. The lowest BCUT2D eigenvalue weighted by Gasteiger charge is -2.29. The monoisotopic (exact) mass is 222 g/mol. The zero-order chi connectivity index (χ0) is 11.4. The molecule has 1 fully saturated rings. The van der Waals surface area contributed by atoms with Crippen molar-refractivity contribution in [2.24, 2.45) is 5.92 Å². The van der Waals surface area contributed by atoms with Crippen LogP contribution in [0.25, 0.3) is 0 Å². The molecule has 2 rings (SSSR count). The van der Waals surface area contributed by atoms with Crippen LogP contribution in [-0.4, -0.2) is 39.7 Å². The normalized spacial score (nSPS) is 19.1. The van der Waals surface area contributed by atoms with Gasteiger partial charge in [0.25, 0.3) is 0 Å². The lowest BCUT2D eigenvalue weighted by atomic mass is 9.99. The minimum atomic E-state index is 0.910. The molecule has 0 atom stereocenters. The fourth-order valence-corrected chi connectivity index (χ4v) is 2.15. The van der Waals surface area contributed by atoms with Gasteiger partial charge in [-0.15, -0.1) is 0 Å². The van der Waals surface area contributed by atoms with E-state index in [0.29, 0.717) is 0 Å². The van der Waals surface area contributed by atoms with E-state index in [1.165, 1.54) is 25.9 Å². The molecule has 90 valence electrons. The Morgan fingerprint density at radius 1 is 1.38 bits per heavy atom. The molecule has 0 bridgehead atoms. The maximum atomic E-state index is 4.43. The summed E-state index contributed by atoms with van der Waals surface area (Å²) in [6.07, 6.45) is 4.60. The van der Waals surface area contributed by atoms with E-state index in [9.17, 15) is 0 Å². The highest BCUT2D eigenvalue weighted by Crippen LogP contribution is 2.15. The Hall–Kier alpha value is -0.900. The molecular weight excluding hydrogens is 200 g/mol. The van der Waals surface area contributed by atoms with Crippen LogP contribution in [-0.2, 0) is 12.8 Å². The summed E-state index contributed by atoms with van der Waals surface area (Å²) in [5.41, 5.74) is 0. The lowest BCUT2D eigenvalue weighted by molar-refractivity contribution is 0.193. The molecule has 0 amide bonds. The van der Waals surface area contributed by atoms with Crippen molar-refractivity contribution in [2.45, 2.75) is 39.5 Å². The van der Waals surface area contributed by atoms with E-state index in [2.05, 4.69) is 33.9 Å². The van der Waals surface area contributed by atoms with E-state index < -0.39 is 0 Å². The molecule has 0 saturated carbocycles. The van der Waals surface area contributed by atoms with E-state index in [1.807, 2.05) is 0 Å². The van der Waals surface area contributed by atoms with Gasteiger partial charge >= 0.3 is 0 Å². The molecule has 16 heavy (non-hydrogen) atoms. The van der Waals surface area contributed by atoms with Gasteiger partial charge in [0.05, 0.1) is 0 Å². The van der Waals surface area contributed by atoms with Gasteiger partial charge in [0.15, 0.2) is 0 Å². The SMILES string of the molecule is CCc1n[nH]c(CCN2CCC(C)CC2)n1. The summed E-state index contributed by atoms with van der Waals surface area (Å²) >= 11 is 0. The Balaban J connectivity index is 1.74. The zero-order valence-electron chi connectivity index (χ0n) is 10.4. The summed E-state index contributed by atoms with van der Waals surface area (Å²) < 4.78 is 0. The van der Waals surface area contributed by atoms with Gasteiger partial charge in [-0.1, -0.05) is 13.8 Å². The Kier molecular flexibility index (Phi) is 3.93. The minimum Gasteiger partial charge on any atom is -0.303 e. The number of hydrogen-bond donors (Lipinski definition) is 1. The van der Waals surface area contributed by atoms with E-state index >= 15 is 0 Å². The van der Waals surface area contributed by atoms with Gasteiger partial charge in [0.2, 0.25) is 0 Å². The number of H-pyrrole nitrogens is 1. The van der Waals surface area contributed by atoms with Crippen molar-refractivity contribution in [3.8, 4) is 0 Å². The highest BCUT2D eigenvalue weighted by molar-refractivity contribution is 4.90. The van der Waals surface area contributed by atoms with Crippen molar-refractivity contribution in [3.63, 3.8) is 0 Å². The fraction of sp³-hybridized carbons (Fsp3) is 0.833. The highest BCUT2D eigenvalue weighted by atomic mass is 15.2. The van der Waals surface area contributed by atoms with Gasteiger partial charge < -0.3 is 4.90 Å². The van der Waals surface area contributed by atoms with Gasteiger partial charge in [-0.3, -0.25) is 5.10 Å². The molecule has 4 nitrogen and oxygen atoms in total. The van der Waals surface area contributed by atoms with E-state index in [-0.39, 0.29) is 0 Å². The quantitative estimate of drug-likeness (QED) is 0.842. The second-order valence-electron chi connectivity index (χ2n) is 4.83. The van der Waals surface area contributed by atoms with Gasteiger partial charge in [-0.05, 0) is 31.8 Å². The summed E-state index contributed by atoms with van der Waals surface area (Å²) in [5, 5.41) is 7.17. The molecule has 1 aliphatic heterocycles. The van der Waals surface area contributed by atoms with Crippen molar-refractivity contribution in [1.82, 2.24) is 20.1 Å². The van der Waals surface area contributed by atoms with Crippen LogP contribution < -0.4 is 0 Å². The molecule has 1 aromatic heterocycles. The van der Waals surface area contributed by atoms with Crippen molar-refractivity contribution < 1.29 is 0 Å². The Morgan fingerprint density at radius 2 is 2.12 bits per heavy atom. The number of likely N-dealkylation sites (tertiary alicyclic amines) is 1. The molecule has 0 aromatic carbocycles. The minimum absolute atomic E-state index is 0.910. The van der Waals surface area contributed by atoms with Crippen LogP contribution in [0.15, 0.2) is 0 Å². The predicted octanol–water partition coefficient (Wildman–Crippen LogP) is 1.64. The molecule has 0 aliphatic carbocycles. The van der Waals surface area contributed by atoms with Crippen molar-refractivity contribution in [1.29, 1.82) is 0 Å². The first-order valence-electron chi connectivity index (χ1n) is 6.40. The number of nitrogens with zero attached hydrogens (tertiary/aromatic N) is 3. The highest BCUT2D eigenvalue weighted by Gasteiger charge is 2.15. The van der Waals surface area contributed by atoms with Crippen LogP contribution in [0.2, 0.25) is 0 Å². The van der Waals surface area contributed by atoms with E-state index in [1.54, 1.807) is 0 Å². The van der Waals surface area contributed by atoms with Gasteiger partial charge in [-0.2, -0.15) is 5.10 Å². The third-order valence-electron chi connectivity index (χ3n) is 3.44. The smallest absolute Gasteiger partial charge is 0.150 e. The van der Waals surface area contributed by atoms with Crippen LogP contribution in [0.3, 0.4) is 0 Å². The molecule has 0 spiro atoms. The average molecular weight is 222 g/mol. The van der Waals surface area contributed by atoms with Crippen molar-refractivity contribution >= 4 is 0 Å². The number of rotatable bonds is 4. The van der Waals surface area contributed by atoms with E-state index in [0.717, 1.165) is 37.0 Å². The summed E-state index contributed by atoms with van der Waals surface area (Å²) in [7, 11) is 0. The first-order chi connectivity index (χ1) is 7.78. The van der Waals surface area contributed by atoms with Crippen molar-refractivity contribution in [3.05, 3.63) is 11.6 Å². The zero-order valence-corrected chi connectivity index (χ0v) is 10.4. The second-order valence-corrected chi connectivity index (χ2v) is 4.83. The third kappa shape index (κ3) is 3.04. The Morgan fingerprint density at radius 3 is 2.75 bits per heavy atom. The number of piperidine rings is 1. The standard InChI is InChI=1S/C12H22N4/c1-3-11-13-12(15-14-11)6-9-16-7-4-10(2)5-8-16/h10H,3-9H2,1-2H3,(H,13,14,15). The summed E-state index contributed by atoms with van der Waals surface area (Å²) in [6.45, 7) is 8.04. The first-order valence-corrected chi connectivity index (χ1v) is 6.40. The maximum absolute atomic E-state index is 4.43. The largest absolute Gasteiger partial charge is 0.303 e. The molecule has 1 aliphatic rings. The number of hydrogen-bond acceptors (Lipinski definition) is 3. The fourth-order valence-electron chi connectivity index (χ4n) is 2.15. The van der Waals surface area contributed by atoms with E-state index in [4.69, 9.17) is 0 Å². The van der Waals surface area contributed by atoms with Crippen LogP contribution in [0.5, 0.6) is 0 Å². The van der Waals surface area contributed by atoms with Crippen LogP contribution in [0.4, 0.5) is 0 Å². The first kappa shape index (κ1) is 11.6. The number of nitrogens with one attached hydrogen (secondary N) is 1. The average Bonchev–Trinajstić information content (AvgIpc) is 2.76. The summed E-state index contributed by atoms with van der Waals surface area (Å²) in [4.78, 5) is 6.97. The van der Waals surface area contributed by atoms with Crippen LogP contribution >= 0.6 is 0 Å². The molecule has 1 aromatic rings. The molecule has 4 heteroatoms. The maximum Gasteiger partial charge on any atom is 0.150 e. The summed E-state index contributed by atoms with van der Waals surface area (Å²) in [6, 6.07) is 0. The van der Waals surface area contributed by atoms with Gasteiger partial charge in [0, 0.05) is 19.4 Å². The Bertz CT molecular complexity index is 313. The summed E-state index contributed by atoms with van der Waals surface area (Å²) in [5.74, 6) is 2.88. The molecule has 0 radical (unpaired) electrons. The van der Waals surface area contributed by atoms with Crippen LogP contribution in [0.1, 0.15) is 38.3 Å². The number of aryl methyl sites for hydroxylation is 1. The number of aromatic amines is 1. The third-order valence-corrected chi connectivity index (χ3v) is 3.44.